The Labute approximate surface area is 87.4 Å². The van der Waals surface area contributed by atoms with Gasteiger partial charge in [0.15, 0.2) is 0 Å². The van der Waals surface area contributed by atoms with Gasteiger partial charge in [0.2, 0.25) is 0 Å². The molecular formula is C10H11N3S. The van der Waals surface area contributed by atoms with E-state index in [2.05, 4.69) is 10.1 Å². The summed E-state index contributed by atoms with van der Waals surface area (Å²) in [5, 5.41) is 4.41. The van der Waals surface area contributed by atoms with Crippen LogP contribution in [0.5, 0.6) is 0 Å². The summed E-state index contributed by atoms with van der Waals surface area (Å²) in [4.78, 5) is 3.11. The Morgan fingerprint density at radius 3 is 2.93 bits per heavy atom. The molecule has 0 radical (unpaired) electrons. The number of hydrogen-bond donors (Lipinski definition) is 1. The maximum atomic E-state index is 5.13. The van der Waals surface area contributed by atoms with Gasteiger partial charge < -0.3 is 4.98 Å². The largest absolute Gasteiger partial charge is 0.360 e. The van der Waals surface area contributed by atoms with Gasteiger partial charge >= 0.3 is 0 Å². The van der Waals surface area contributed by atoms with E-state index >= 15 is 0 Å². The first kappa shape index (κ1) is 9.15. The molecule has 0 aliphatic heterocycles. The number of H-pyrrole nitrogens is 1. The Kier molecular flexibility index (Phi) is 2.45. The average Bonchev–Trinajstić information content (AvgIpc) is 2.71. The molecule has 2 heterocycles. The van der Waals surface area contributed by atoms with Crippen LogP contribution in [-0.2, 0) is 6.54 Å². The molecule has 3 nitrogen and oxygen atoms in total. The van der Waals surface area contributed by atoms with Crippen LogP contribution in [0.1, 0.15) is 6.92 Å². The number of nitrogens with one attached hydrogen (secondary N) is 1. The maximum absolute atomic E-state index is 5.13. The summed E-state index contributed by atoms with van der Waals surface area (Å²) >= 11 is 5.13. The molecule has 0 saturated carbocycles. The van der Waals surface area contributed by atoms with E-state index in [1.807, 2.05) is 42.1 Å². The van der Waals surface area contributed by atoms with Crippen molar-refractivity contribution in [1.29, 1.82) is 0 Å². The van der Waals surface area contributed by atoms with Crippen LogP contribution in [0.15, 0.2) is 30.5 Å². The first-order valence-electron chi connectivity index (χ1n) is 4.53. The van der Waals surface area contributed by atoms with Crippen molar-refractivity contribution in [3.05, 3.63) is 35.1 Å². The monoisotopic (exact) mass is 205 g/mol. The second-order valence-electron chi connectivity index (χ2n) is 2.96. The van der Waals surface area contributed by atoms with Gasteiger partial charge in [-0.2, -0.15) is 5.10 Å². The van der Waals surface area contributed by atoms with Gasteiger partial charge in [-0.1, -0.05) is 12.2 Å². The van der Waals surface area contributed by atoms with Gasteiger partial charge in [-0.15, -0.1) is 0 Å². The van der Waals surface area contributed by atoms with Crippen LogP contribution in [0.3, 0.4) is 0 Å². The Balaban J connectivity index is 2.51. The Bertz CT molecular complexity index is 470. The minimum atomic E-state index is 0.766. The summed E-state index contributed by atoms with van der Waals surface area (Å²) in [6, 6.07) is 7.78. The molecule has 0 saturated heterocycles. The minimum absolute atomic E-state index is 0.766. The summed E-state index contributed by atoms with van der Waals surface area (Å²) in [7, 11) is 0. The van der Waals surface area contributed by atoms with Gasteiger partial charge in [-0.3, -0.25) is 4.68 Å². The van der Waals surface area contributed by atoms with E-state index in [0.717, 1.165) is 22.6 Å². The van der Waals surface area contributed by atoms with E-state index < -0.39 is 0 Å². The van der Waals surface area contributed by atoms with E-state index in [-0.39, 0.29) is 0 Å². The van der Waals surface area contributed by atoms with Crippen molar-refractivity contribution < 1.29 is 0 Å². The Hall–Kier alpha value is -1.42. The average molecular weight is 205 g/mol. The van der Waals surface area contributed by atoms with Gasteiger partial charge in [-0.25, -0.2) is 0 Å². The lowest BCUT2D eigenvalue weighted by Crippen LogP contribution is -2.03. The third kappa shape index (κ3) is 1.61. The normalized spacial score (nSPS) is 10.4. The van der Waals surface area contributed by atoms with E-state index in [9.17, 15) is 0 Å². The predicted molar refractivity (Wildman–Crippen MR) is 58.5 cm³/mol. The summed E-state index contributed by atoms with van der Waals surface area (Å²) < 4.78 is 2.58. The van der Waals surface area contributed by atoms with Gasteiger partial charge in [0.1, 0.15) is 10.3 Å². The molecule has 0 bridgehead atoms. The van der Waals surface area contributed by atoms with E-state index in [1.165, 1.54) is 0 Å². The van der Waals surface area contributed by atoms with E-state index in [0.29, 0.717) is 0 Å². The van der Waals surface area contributed by atoms with Crippen molar-refractivity contribution in [3.63, 3.8) is 0 Å². The number of aromatic amines is 1. The molecular weight excluding hydrogens is 194 g/mol. The molecule has 0 amide bonds. The van der Waals surface area contributed by atoms with E-state index in [4.69, 9.17) is 12.2 Å². The third-order valence-corrected chi connectivity index (χ3v) is 2.39. The van der Waals surface area contributed by atoms with Crippen LogP contribution in [0, 0.1) is 4.64 Å². The standard InChI is InChI=1S/C10H11N3S/c1-2-13-10(14)6-5-9(12-13)8-4-3-7-11-8/h3-7,11H,2H2,1H3. The molecule has 0 unspecified atom stereocenters. The zero-order chi connectivity index (χ0) is 9.97. The second-order valence-corrected chi connectivity index (χ2v) is 3.37. The number of rotatable bonds is 2. The number of aromatic nitrogens is 3. The second kappa shape index (κ2) is 3.75. The van der Waals surface area contributed by atoms with E-state index in [1.54, 1.807) is 0 Å². The molecule has 4 heteroatoms. The van der Waals surface area contributed by atoms with Crippen molar-refractivity contribution in [1.82, 2.24) is 14.8 Å². The molecule has 2 rings (SSSR count). The van der Waals surface area contributed by atoms with Crippen LogP contribution < -0.4 is 0 Å². The quantitative estimate of drug-likeness (QED) is 0.765. The molecule has 14 heavy (non-hydrogen) atoms. The van der Waals surface area contributed by atoms with Crippen molar-refractivity contribution in [2.45, 2.75) is 13.5 Å². The highest BCUT2D eigenvalue weighted by atomic mass is 32.1. The molecule has 72 valence electrons. The smallest absolute Gasteiger partial charge is 0.122 e. The number of nitrogens with zero attached hydrogens (tertiary/aromatic N) is 2. The van der Waals surface area contributed by atoms with Crippen molar-refractivity contribution in [2.75, 3.05) is 0 Å². The molecule has 0 aliphatic rings. The summed E-state index contributed by atoms with van der Waals surface area (Å²) in [6.45, 7) is 2.83. The first-order valence-corrected chi connectivity index (χ1v) is 4.94. The SMILES string of the molecule is CCn1nc(-c2ccc[nH]2)ccc1=S. The third-order valence-electron chi connectivity index (χ3n) is 2.04. The van der Waals surface area contributed by atoms with Gasteiger partial charge in [0.05, 0.1) is 5.69 Å². The lowest BCUT2D eigenvalue weighted by Gasteiger charge is -2.03. The molecule has 0 aromatic carbocycles. The Morgan fingerprint density at radius 1 is 1.43 bits per heavy atom. The molecule has 0 aliphatic carbocycles. The van der Waals surface area contributed by atoms with Crippen LogP contribution >= 0.6 is 12.2 Å². The highest BCUT2D eigenvalue weighted by Crippen LogP contribution is 2.12. The number of hydrogen-bond acceptors (Lipinski definition) is 2. The molecule has 0 fully saturated rings. The zero-order valence-electron chi connectivity index (χ0n) is 7.90. The Morgan fingerprint density at radius 2 is 2.29 bits per heavy atom. The molecule has 2 aromatic heterocycles. The fourth-order valence-corrected chi connectivity index (χ4v) is 1.55. The first-order chi connectivity index (χ1) is 6.81. The van der Waals surface area contributed by atoms with Gasteiger partial charge in [0, 0.05) is 12.7 Å². The van der Waals surface area contributed by atoms with Crippen LogP contribution in [0.2, 0.25) is 0 Å². The van der Waals surface area contributed by atoms with Gasteiger partial charge in [-0.05, 0) is 31.2 Å². The summed E-state index contributed by atoms with van der Waals surface area (Å²) in [5.74, 6) is 0. The van der Waals surface area contributed by atoms with Crippen molar-refractivity contribution in [2.24, 2.45) is 0 Å². The van der Waals surface area contributed by atoms with Crippen molar-refractivity contribution >= 4 is 12.2 Å². The zero-order valence-corrected chi connectivity index (χ0v) is 8.71. The molecule has 2 aromatic rings. The van der Waals surface area contributed by atoms with Crippen molar-refractivity contribution in [3.8, 4) is 11.4 Å². The maximum Gasteiger partial charge on any atom is 0.122 e. The topological polar surface area (TPSA) is 33.6 Å². The summed E-state index contributed by atoms with van der Waals surface area (Å²) in [6.07, 6.45) is 1.88. The fourth-order valence-electron chi connectivity index (χ4n) is 1.31. The fraction of sp³-hybridized carbons (Fsp3) is 0.200. The van der Waals surface area contributed by atoms with Crippen LogP contribution in [-0.4, -0.2) is 14.8 Å². The minimum Gasteiger partial charge on any atom is -0.360 e. The van der Waals surface area contributed by atoms with Gasteiger partial charge in [0.25, 0.3) is 0 Å². The molecule has 0 spiro atoms. The highest BCUT2D eigenvalue weighted by Gasteiger charge is 2.00. The molecule has 0 atom stereocenters. The lowest BCUT2D eigenvalue weighted by atomic mass is 10.3. The number of aryl methyl sites for hydroxylation is 1. The predicted octanol–water partition coefficient (Wildman–Crippen LogP) is 2.63. The van der Waals surface area contributed by atoms with Crippen LogP contribution in [0.4, 0.5) is 0 Å². The molecule has 1 N–H and O–H groups in total. The summed E-state index contributed by atoms with van der Waals surface area (Å²) in [5.41, 5.74) is 1.94. The highest BCUT2D eigenvalue weighted by molar-refractivity contribution is 7.71. The van der Waals surface area contributed by atoms with Crippen LogP contribution in [0.25, 0.3) is 11.4 Å². The lowest BCUT2D eigenvalue weighted by molar-refractivity contribution is 0.633.